The van der Waals surface area contributed by atoms with Crippen molar-refractivity contribution >= 4 is 35.0 Å². The van der Waals surface area contributed by atoms with E-state index in [0.29, 0.717) is 6.54 Å². The lowest BCUT2D eigenvalue weighted by atomic mass is 9.91. The lowest BCUT2D eigenvalue weighted by Crippen LogP contribution is -2.14. The van der Waals surface area contributed by atoms with E-state index in [9.17, 15) is 0 Å². The zero-order valence-electron chi connectivity index (χ0n) is 27.8. The number of benzene rings is 6. The third-order valence-corrected chi connectivity index (χ3v) is 9.18. The SMILES string of the molecule is C.C=C1/C2=C\C=C/N(c3cccc(N(C)c4ccccc4)c3)c3cccc(c31)-c1ccccc1C2.C=NCc1cccc(-c2ccccc2)c1. The monoisotopic (exact) mass is 649 g/mol. The Bertz CT molecular complexity index is 2180. The molecule has 2 aliphatic rings. The predicted molar refractivity (Wildman–Crippen MR) is 217 cm³/mol. The Labute approximate surface area is 297 Å². The van der Waals surface area contributed by atoms with Gasteiger partial charge >= 0.3 is 0 Å². The minimum atomic E-state index is 0. The molecule has 0 unspecified atom stereocenters. The van der Waals surface area contributed by atoms with Gasteiger partial charge in [-0.2, -0.15) is 0 Å². The number of rotatable bonds is 6. The van der Waals surface area contributed by atoms with Crippen LogP contribution in [0.5, 0.6) is 0 Å². The lowest BCUT2D eigenvalue weighted by molar-refractivity contribution is 1.08. The molecule has 0 N–H and O–H groups in total. The summed E-state index contributed by atoms with van der Waals surface area (Å²) in [5.41, 5.74) is 15.7. The molecule has 246 valence electrons. The Hall–Kier alpha value is -6.19. The Morgan fingerprint density at radius 2 is 1.34 bits per heavy atom. The molecule has 0 saturated carbocycles. The van der Waals surface area contributed by atoms with Crippen LogP contribution >= 0.6 is 0 Å². The molecule has 2 bridgehead atoms. The predicted octanol–water partition coefficient (Wildman–Crippen LogP) is 12.5. The first-order valence-corrected chi connectivity index (χ1v) is 16.6. The molecular formula is C47H43N3. The van der Waals surface area contributed by atoms with E-state index in [0.717, 1.165) is 34.7 Å². The van der Waals surface area contributed by atoms with Crippen LogP contribution in [0.4, 0.5) is 22.7 Å². The first-order chi connectivity index (χ1) is 24.1. The summed E-state index contributed by atoms with van der Waals surface area (Å²) in [4.78, 5) is 8.39. The first kappa shape index (κ1) is 33.7. The molecule has 0 spiro atoms. The molecule has 0 atom stereocenters. The quantitative estimate of drug-likeness (QED) is 0.167. The number of nitrogens with zero attached hydrogens (tertiary/aromatic N) is 3. The third-order valence-electron chi connectivity index (χ3n) is 9.18. The zero-order valence-corrected chi connectivity index (χ0v) is 27.8. The lowest BCUT2D eigenvalue weighted by Gasteiger charge is -2.28. The zero-order chi connectivity index (χ0) is 33.6. The van der Waals surface area contributed by atoms with Gasteiger partial charge in [0.2, 0.25) is 0 Å². The fraction of sp³-hybridized carbons (Fsp3) is 0.0851. The topological polar surface area (TPSA) is 18.8 Å². The number of allylic oxidation sites excluding steroid dienone is 4. The Morgan fingerprint density at radius 3 is 2.14 bits per heavy atom. The third kappa shape index (κ3) is 6.99. The fourth-order valence-corrected chi connectivity index (χ4v) is 6.66. The molecule has 50 heavy (non-hydrogen) atoms. The number of para-hydroxylation sites is 1. The minimum Gasteiger partial charge on any atom is -0.345 e. The summed E-state index contributed by atoms with van der Waals surface area (Å²) >= 11 is 0. The van der Waals surface area contributed by atoms with Gasteiger partial charge in [-0.1, -0.05) is 129 Å². The van der Waals surface area contributed by atoms with E-state index in [-0.39, 0.29) is 7.43 Å². The van der Waals surface area contributed by atoms with Crippen molar-refractivity contribution < 1.29 is 0 Å². The normalized spacial score (nSPS) is 14.1. The van der Waals surface area contributed by atoms with Crippen LogP contribution in [-0.4, -0.2) is 13.8 Å². The van der Waals surface area contributed by atoms with Crippen LogP contribution in [0.15, 0.2) is 187 Å². The second-order valence-electron chi connectivity index (χ2n) is 12.3. The van der Waals surface area contributed by atoms with Crippen LogP contribution in [0.1, 0.15) is 24.1 Å². The molecular weight excluding hydrogens is 607 g/mol. The molecule has 0 amide bonds. The number of aliphatic imine (C=N–C) groups is 1. The van der Waals surface area contributed by atoms with Crippen LogP contribution in [-0.2, 0) is 13.0 Å². The number of hydrogen-bond donors (Lipinski definition) is 0. The van der Waals surface area contributed by atoms with Crippen molar-refractivity contribution in [3.8, 4) is 22.3 Å². The Morgan fingerprint density at radius 1 is 0.680 bits per heavy atom. The summed E-state index contributed by atoms with van der Waals surface area (Å²) in [5, 5.41) is 0. The number of hydrogen-bond acceptors (Lipinski definition) is 3. The summed E-state index contributed by atoms with van der Waals surface area (Å²) in [5.74, 6) is 0. The van der Waals surface area contributed by atoms with Crippen molar-refractivity contribution in [1.29, 1.82) is 0 Å². The average Bonchev–Trinajstić information content (AvgIpc) is 3.28. The van der Waals surface area contributed by atoms with Gasteiger partial charge in [0.1, 0.15) is 0 Å². The standard InChI is InChI=1S/C32H26N2.C14H13N.CH4/c1-23-24-12-10-20-34(28-16-8-15-27(22-28)33(2)26-13-4-3-5-14-26)31-19-9-18-30(32(23)31)29-17-7-6-11-25(29)21-24;1-15-11-12-6-5-9-14(10-12)13-7-3-2-4-8-13;/h3-20,22H,1,21H2,2H3;2-10H,1,11H2;1H4/b20-10-,24-12-;;. The van der Waals surface area contributed by atoms with Crippen LogP contribution in [0.3, 0.4) is 0 Å². The maximum absolute atomic E-state index is 4.57. The Balaban J connectivity index is 0.000000227. The summed E-state index contributed by atoms with van der Waals surface area (Å²) in [7, 11) is 2.11. The summed E-state index contributed by atoms with van der Waals surface area (Å²) < 4.78 is 0. The van der Waals surface area contributed by atoms with Gasteiger partial charge in [-0.3, -0.25) is 4.99 Å². The molecule has 6 aromatic rings. The second-order valence-corrected chi connectivity index (χ2v) is 12.3. The molecule has 3 heteroatoms. The average molecular weight is 650 g/mol. The molecule has 0 aromatic heterocycles. The van der Waals surface area contributed by atoms with Crippen molar-refractivity contribution in [2.75, 3.05) is 16.8 Å². The van der Waals surface area contributed by atoms with E-state index in [2.05, 4.69) is 181 Å². The number of anilines is 4. The maximum atomic E-state index is 4.57. The summed E-state index contributed by atoms with van der Waals surface area (Å²) in [6.45, 7) is 8.76. The van der Waals surface area contributed by atoms with Crippen LogP contribution in [0, 0.1) is 0 Å². The van der Waals surface area contributed by atoms with Crippen LogP contribution < -0.4 is 9.80 Å². The van der Waals surface area contributed by atoms with E-state index < -0.39 is 0 Å². The molecule has 8 rings (SSSR count). The highest BCUT2D eigenvalue weighted by molar-refractivity contribution is 5.98. The van der Waals surface area contributed by atoms with Crippen LogP contribution in [0.2, 0.25) is 0 Å². The number of fused-ring (bicyclic) bond motifs is 3. The van der Waals surface area contributed by atoms with E-state index in [1.807, 2.05) is 24.3 Å². The summed E-state index contributed by atoms with van der Waals surface area (Å²) in [6, 6.07) is 53.2. The smallest absolute Gasteiger partial charge is 0.0632 e. The van der Waals surface area contributed by atoms with Crippen LogP contribution in [0.25, 0.3) is 27.8 Å². The molecule has 1 aliphatic carbocycles. The highest BCUT2D eigenvalue weighted by Crippen LogP contribution is 2.46. The summed E-state index contributed by atoms with van der Waals surface area (Å²) in [6.07, 6.45) is 7.44. The van der Waals surface area contributed by atoms with Gasteiger partial charge in [-0.05, 0) is 106 Å². The van der Waals surface area contributed by atoms with E-state index >= 15 is 0 Å². The second kappa shape index (κ2) is 15.4. The van der Waals surface area contributed by atoms with E-state index in [1.165, 1.54) is 44.5 Å². The van der Waals surface area contributed by atoms with Gasteiger partial charge in [0.05, 0.1) is 12.2 Å². The van der Waals surface area contributed by atoms with E-state index in [4.69, 9.17) is 0 Å². The van der Waals surface area contributed by atoms with Crippen molar-refractivity contribution in [3.05, 3.63) is 199 Å². The molecule has 0 saturated heterocycles. The molecule has 0 radical (unpaired) electrons. The highest BCUT2D eigenvalue weighted by Gasteiger charge is 2.25. The first-order valence-electron chi connectivity index (χ1n) is 16.6. The fourth-order valence-electron chi connectivity index (χ4n) is 6.66. The molecule has 3 nitrogen and oxygen atoms in total. The Kier molecular flexibility index (Phi) is 10.4. The molecule has 6 aromatic carbocycles. The maximum Gasteiger partial charge on any atom is 0.0632 e. The highest BCUT2D eigenvalue weighted by atomic mass is 15.1. The van der Waals surface area contributed by atoms with Gasteiger partial charge in [-0.15, -0.1) is 0 Å². The van der Waals surface area contributed by atoms with Crippen molar-refractivity contribution in [3.63, 3.8) is 0 Å². The van der Waals surface area contributed by atoms with Gasteiger partial charge in [-0.25, -0.2) is 0 Å². The molecule has 0 fully saturated rings. The van der Waals surface area contributed by atoms with Crippen molar-refractivity contribution in [2.45, 2.75) is 20.4 Å². The van der Waals surface area contributed by atoms with Gasteiger partial charge in [0.25, 0.3) is 0 Å². The molecule has 1 aliphatic heterocycles. The van der Waals surface area contributed by atoms with Crippen molar-refractivity contribution in [2.24, 2.45) is 4.99 Å². The molecule has 1 heterocycles. The van der Waals surface area contributed by atoms with Gasteiger partial charge in [0.15, 0.2) is 0 Å². The van der Waals surface area contributed by atoms with Gasteiger partial charge < -0.3 is 9.80 Å². The van der Waals surface area contributed by atoms with Gasteiger partial charge in [0, 0.05) is 35.9 Å². The largest absolute Gasteiger partial charge is 0.345 e. The van der Waals surface area contributed by atoms with Crippen molar-refractivity contribution in [1.82, 2.24) is 0 Å². The van der Waals surface area contributed by atoms with E-state index in [1.54, 1.807) is 0 Å². The minimum absolute atomic E-state index is 0.